The molecule has 5 aliphatic heterocycles. The lowest BCUT2D eigenvalue weighted by Gasteiger charge is -2.35. The number of morpholine rings is 3. The number of amides is 2. The van der Waals surface area contributed by atoms with Gasteiger partial charge in [0.05, 0.1) is 44.7 Å². The summed E-state index contributed by atoms with van der Waals surface area (Å²) in [6, 6.07) is 0. The minimum atomic E-state index is -4.25. The van der Waals surface area contributed by atoms with Gasteiger partial charge in [0, 0.05) is 95.7 Å². The number of halogens is 3. The van der Waals surface area contributed by atoms with E-state index in [1.807, 2.05) is 49.6 Å². The zero-order chi connectivity index (χ0) is 58.7. The second-order valence-corrected chi connectivity index (χ2v) is 28.2. The summed E-state index contributed by atoms with van der Waals surface area (Å²) < 4.78 is 59.4. The van der Waals surface area contributed by atoms with Gasteiger partial charge in [0.25, 0.3) is 0 Å². The van der Waals surface area contributed by atoms with Gasteiger partial charge in [-0.3, -0.25) is 14.5 Å². The number of nitrogens with zero attached hydrogens (tertiary/aromatic N) is 5. The van der Waals surface area contributed by atoms with Crippen LogP contribution in [0.15, 0.2) is 0 Å². The Hall–Kier alpha value is -1.67. The normalized spacial score (nSPS) is 22.7. The van der Waals surface area contributed by atoms with Crippen LogP contribution < -0.4 is 16.0 Å². The predicted molar refractivity (Wildman–Crippen MR) is 312 cm³/mol. The first-order chi connectivity index (χ1) is 35.4. The number of nitrogens with one attached hydrogen (secondary N) is 3. The molecule has 0 aromatic carbocycles. The monoisotopic (exact) mass is 1110 g/mol. The quantitative estimate of drug-likeness (QED) is 0.101. The Bertz CT molecular complexity index is 1540. The Morgan fingerprint density at radius 3 is 1.64 bits per heavy atom. The van der Waals surface area contributed by atoms with Gasteiger partial charge >= 0.3 is 6.30 Å². The fraction of sp³-hybridized carbons (Fsp3) is 0.967. The number of rotatable bonds is 16. The maximum atomic E-state index is 12.4. The number of carbonyl (C=O) groups excluding carboxylic acids is 2. The largest absolute Gasteiger partial charge is 0.460 e. The topological polar surface area (TPSA) is 123 Å². The van der Waals surface area contributed by atoms with E-state index in [4.69, 9.17) is 18.9 Å². The van der Waals surface area contributed by atoms with Crippen molar-refractivity contribution in [2.75, 3.05) is 132 Å². The molecule has 3 N–H and O–H groups in total. The van der Waals surface area contributed by atoms with Gasteiger partial charge in [-0.25, -0.2) is 4.90 Å². The Balaban J connectivity index is 0.000000486. The lowest BCUT2D eigenvalue weighted by atomic mass is 9.84. The molecule has 0 aliphatic carbocycles. The molecule has 77 heavy (non-hydrogen) atoms. The highest BCUT2D eigenvalue weighted by Crippen LogP contribution is 2.29. The lowest BCUT2D eigenvalue weighted by Crippen LogP contribution is -2.53. The molecular formula is C60H121F3N8O6. The van der Waals surface area contributed by atoms with Crippen molar-refractivity contribution >= 4 is 11.8 Å². The Labute approximate surface area is 470 Å². The van der Waals surface area contributed by atoms with Gasteiger partial charge in [0.2, 0.25) is 11.8 Å². The van der Waals surface area contributed by atoms with Crippen LogP contribution in [-0.2, 0) is 28.5 Å². The summed E-state index contributed by atoms with van der Waals surface area (Å²) in [5, 5.41) is 10.2. The van der Waals surface area contributed by atoms with Crippen molar-refractivity contribution in [3.05, 3.63) is 0 Å². The number of carbonyl (C=O) groups is 2. The number of alkyl halides is 3. The summed E-state index contributed by atoms with van der Waals surface area (Å²) in [7, 11) is 3.88. The molecule has 0 spiro atoms. The number of likely N-dealkylation sites (tertiary alicyclic amines) is 1. The van der Waals surface area contributed by atoms with Crippen LogP contribution in [0.5, 0.6) is 0 Å². The van der Waals surface area contributed by atoms with Crippen LogP contribution >= 0.6 is 0 Å². The van der Waals surface area contributed by atoms with Gasteiger partial charge < -0.3 is 49.6 Å². The van der Waals surface area contributed by atoms with Crippen molar-refractivity contribution < 1.29 is 41.7 Å². The number of likely N-dealkylation sites (N-methyl/N-ethyl adjacent to an activating group) is 2. The molecule has 2 amide bonds. The molecular weight excluding hydrogens is 986 g/mol. The number of hydrogen-bond acceptors (Lipinski definition) is 12. The molecule has 0 saturated carbocycles. The first kappa shape index (κ1) is 73.3. The summed E-state index contributed by atoms with van der Waals surface area (Å²) in [4.78, 5) is 32.0. The van der Waals surface area contributed by atoms with E-state index in [0.717, 1.165) is 104 Å². The first-order valence-electron chi connectivity index (χ1n) is 29.8. The van der Waals surface area contributed by atoms with Crippen LogP contribution in [0, 0.1) is 22.7 Å². The summed E-state index contributed by atoms with van der Waals surface area (Å²) in [5.74, 6) is 1.97. The van der Waals surface area contributed by atoms with Gasteiger partial charge in [-0.05, 0) is 170 Å². The van der Waals surface area contributed by atoms with Crippen LogP contribution in [-0.4, -0.2) is 210 Å². The maximum absolute atomic E-state index is 12.4. The van der Waals surface area contributed by atoms with Gasteiger partial charge in [-0.15, -0.1) is 0 Å². The van der Waals surface area contributed by atoms with Crippen LogP contribution in [0.1, 0.15) is 182 Å². The molecule has 5 heterocycles. The van der Waals surface area contributed by atoms with Crippen molar-refractivity contribution in [2.45, 2.75) is 223 Å². The number of ether oxygens (including phenoxy) is 4. The zero-order valence-electron chi connectivity index (χ0n) is 53.0. The smallest absolute Gasteiger partial charge is 0.381 e. The minimum Gasteiger partial charge on any atom is -0.381 e. The molecule has 17 heteroatoms. The van der Waals surface area contributed by atoms with E-state index in [9.17, 15) is 22.8 Å². The maximum Gasteiger partial charge on any atom is 0.460 e. The molecule has 4 unspecified atom stereocenters. The molecule has 5 saturated heterocycles. The van der Waals surface area contributed by atoms with Gasteiger partial charge in [-0.1, -0.05) is 61.3 Å². The van der Waals surface area contributed by atoms with Crippen molar-refractivity contribution in [2.24, 2.45) is 22.7 Å². The molecule has 0 bridgehead atoms. The van der Waals surface area contributed by atoms with E-state index >= 15 is 0 Å². The van der Waals surface area contributed by atoms with E-state index in [1.54, 1.807) is 6.92 Å². The third-order valence-electron chi connectivity index (χ3n) is 13.9. The SMILES string of the molecule is CC(=O)N1CCOC(CCCNC(C)(C)C)C1.CC(C)(C)CC1CCOC1.CC(C)(C)NCC1CN(C(F)(F)F)CCO1.CCN1CCOC(CCCCC(C)(C)C)C1.CN(C)CC(=O)N1CCC(CNC(C)(C)C)CC1. The van der Waals surface area contributed by atoms with Gasteiger partial charge in [0.15, 0.2) is 0 Å². The summed E-state index contributed by atoms with van der Waals surface area (Å²) >= 11 is 0. The fourth-order valence-corrected chi connectivity index (χ4v) is 9.55. The fourth-order valence-electron chi connectivity index (χ4n) is 9.55. The Morgan fingerprint density at radius 2 is 1.13 bits per heavy atom. The van der Waals surface area contributed by atoms with Crippen molar-refractivity contribution in [3.63, 3.8) is 0 Å². The molecule has 458 valence electrons. The molecule has 0 aromatic heterocycles. The third-order valence-corrected chi connectivity index (χ3v) is 13.9. The molecule has 4 atom stereocenters. The van der Waals surface area contributed by atoms with Crippen molar-refractivity contribution in [3.8, 4) is 0 Å². The summed E-state index contributed by atoms with van der Waals surface area (Å²) in [6.45, 7) is 50.1. The van der Waals surface area contributed by atoms with E-state index in [0.29, 0.717) is 47.4 Å². The van der Waals surface area contributed by atoms with Gasteiger partial charge in [-0.2, -0.15) is 13.2 Å². The number of unbranched alkanes of at least 4 members (excludes halogenated alkanes) is 1. The Kier molecular flexibility index (Phi) is 34.3. The highest BCUT2D eigenvalue weighted by Gasteiger charge is 2.40. The molecule has 5 fully saturated rings. The van der Waals surface area contributed by atoms with Crippen LogP contribution in [0.4, 0.5) is 13.2 Å². The van der Waals surface area contributed by atoms with Gasteiger partial charge in [0.1, 0.15) is 0 Å². The highest BCUT2D eigenvalue weighted by molar-refractivity contribution is 5.78. The van der Waals surface area contributed by atoms with Crippen molar-refractivity contribution in [1.82, 2.24) is 40.4 Å². The lowest BCUT2D eigenvalue weighted by molar-refractivity contribution is -0.266. The van der Waals surface area contributed by atoms with E-state index in [2.05, 4.69) is 111 Å². The summed E-state index contributed by atoms with van der Waals surface area (Å²) in [5.41, 5.74) is 1.24. The highest BCUT2D eigenvalue weighted by atomic mass is 19.4. The van der Waals surface area contributed by atoms with E-state index in [1.165, 1.54) is 45.1 Å². The first-order valence-corrected chi connectivity index (χ1v) is 29.8. The predicted octanol–water partition coefficient (Wildman–Crippen LogP) is 9.94. The minimum absolute atomic E-state index is 0.0739. The van der Waals surface area contributed by atoms with Crippen LogP contribution in [0.2, 0.25) is 0 Å². The summed E-state index contributed by atoms with van der Waals surface area (Å²) in [6.07, 6.45) is 8.26. The Morgan fingerprint density at radius 1 is 0.584 bits per heavy atom. The third kappa shape index (κ3) is 40.2. The zero-order valence-corrected chi connectivity index (χ0v) is 53.0. The number of piperidine rings is 1. The van der Waals surface area contributed by atoms with Crippen molar-refractivity contribution in [1.29, 1.82) is 0 Å². The van der Waals surface area contributed by atoms with E-state index in [-0.39, 0.29) is 54.2 Å². The second kappa shape index (κ2) is 36.0. The molecule has 0 aromatic rings. The molecule has 0 radical (unpaired) electrons. The van der Waals surface area contributed by atoms with Crippen LogP contribution in [0.25, 0.3) is 0 Å². The number of hydrogen-bond donors (Lipinski definition) is 3. The molecule has 14 nitrogen and oxygen atoms in total. The second-order valence-electron chi connectivity index (χ2n) is 28.2. The molecule has 5 rings (SSSR count). The molecule has 5 aliphatic rings. The average Bonchev–Trinajstić information content (AvgIpc) is 3.82. The standard InChI is InChI=1S/C14H29N3O.C14H29NO.C13H26N2O2.C10H19F3N2O.C9H18O/c1-14(2,3)15-10-12-6-8-17(9-7-12)13(18)11-16(4)5;1-5-15-10-11-16-13(12-15)8-6-7-9-14(2,3)4;1-11(16)15-8-9-17-12(10-15)6-5-7-14-13(2,3)4;1-9(2,3)14-6-8-7-15(4-5-16-8)10(11,12)13;1-9(2,3)6-8-4-5-10-7-8/h12,15H,6-11H2,1-5H3;13H,5-12H2,1-4H3;12,14H,5-10H2,1-4H3;8,14H,4-7H2,1-3H3;8H,4-7H2,1-3H3. The van der Waals surface area contributed by atoms with Crippen LogP contribution in [0.3, 0.4) is 0 Å². The van der Waals surface area contributed by atoms with E-state index < -0.39 is 12.4 Å². The average molecular weight is 1110 g/mol.